The maximum Gasteiger partial charge on any atom is 0.305 e. The Balaban J connectivity index is 2.75. The first-order chi connectivity index (χ1) is 9.54. The standard InChI is InChI=1S/C16H30N2O3/c1-10-7-8-11(2)18(10)12(3)15(21)17-13(9-14(19)20)16(4,5)6/h10-13H,7-9H2,1-6H3,(H,17,21)(H,19,20). The largest absolute Gasteiger partial charge is 0.481 e. The molecular weight excluding hydrogens is 268 g/mol. The molecule has 0 spiro atoms. The van der Waals surface area contributed by atoms with Gasteiger partial charge in [0.25, 0.3) is 0 Å². The van der Waals surface area contributed by atoms with Gasteiger partial charge >= 0.3 is 5.97 Å². The van der Waals surface area contributed by atoms with E-state index in [1.54, 1.807) is 0 Å². The molecule has 0 saturated carbocycles. The zero-order chi connectivity index (χ0) is 16.4. The Labute approximate surface area is 128 Å². The van der Waals surface area contributed by atoms with Crippen LogP contribution in [0.4, 0.5) is 0 Å². The fourth-order valence-corrected chi connectivity index (χ4v) is 3.15. The maximum absolute atomic E-state index is 12.5. The third kappa shape index (κ3) is 4.70. The van der Waals surface area contributed by atoms with Gasteiger partial charge in [-0.05, 0) is 39.0 Å². The lowest BCUT2D eigenvalue weighted by Crippen LogP contribution is -2.54. The Morgan fingerprint density at radius 1 is 1.24 bits per heavy atom. The van der Waals surface area contributed by atoms with Gasteiger partial charge < -0.3 is 10.4 Å². The van der Waals surface area contributed by atoms with E-state index in [1.165, 1.54) is 0 Å². The number of carboxylic acids is 1. The molecule has 4 atom stereocenters. The molecule has 1 aliphatic rings. The van der Waals surface area contributed by atoms with Gasteiger partial charge in [0.2, 0.25) is 5.91 Å². The second-order valence-corrected chi connectivity index (χ2v) is 7.42. The van der Waals surface area contributed by atoms with Crippen molar-refractivity contribution in [3.63, 3.8) is 0 Å². The van der Waals surface area contributed by atoms with Crippen LogP contribution in [-0.4, -0.2) is 46.1 Å². The third-order valence-electron chi connectivity index (χ3n) is 4.59. The third-order valence-corrected chi connectivity index (χ3v) is 4.59. The van der Waals surface area contributed by atoms with E-state index in [2.05, 4.69) is 24.1 Å². The highest BCUT2D eigenvalue weighted by molar-refractivity contribution is 5.82. The van der Waals surface area contributed by atoms with E-state index in [1.807, 2.05) is 27.7 Å². The number of nitrogens with one attached hydrogen (secondary N) is 1. The van der Waals surface area contributed by atoms with E-state index in [0.717, 1.165) is 12.8 Å². The number of amides is 1. The summed E-state index contributed by atoms with van der Waals surface area (Å²) >= 11 is 0. The average Bonchev–Trinajstić information content (AvgIpc) is 2.65. The summed E-state index contributed by atoms with van der Waals surface area (Å²) < 4.78 is 0. The summed E-state index contributed by atoms with van der Waals surface area (Å²) in [7, 11) is 0. The van der Waals surface area contributed by atoms with Crippen LogP contribution in [0.2, 0.25) is 0 Å². The zero-order valence-corrected chi connectivity index (χ0v) is 14.1. The first kappa shape index (κ1) is 18.0. The van der Waals surface area contributed by atoms with E-state index in [9.17, 15) is 9.59 Å². The molecule has 0 aromatic heterocycles. The number of rotatable bonds is 5. The summed E-state index contributed by atoms with van der Waals surface area (Å²) in [6.45, 7) is 12.1. The van der Waals surface area contributed by atoms with Gasteiger partial charge in [-0.15, -0.1) is 0 Å². The van der Waals surface area contributed by atoms with Crippen molar-refractivity contribution in [1.29, 1.82) is 0 Å². The first-order valence-electron chi connectivity index (χ1n) is 7.83. The number of nitrogens with zero attached hydrogens (tertiary/aromatic N) is 1. The molecule has 2 N–H and O–H groups in total. The Morgan fingerprint density at radius 3 is 2.10 bits per heavy atom. The van der Waals surface area contributed by atoms with Crippen molar-refractivity contribution in [3.8, 4) is 0 Å². The molecule has 0 aromatic carbocycles. The van der Waals surface area contributed by atoms with Crippen molar-refractivity contribution in [1.82, 2.24) is 10.2 Å². The number of hydrogen-bond acceptors (Lipinski definition) is 3. The van der Waals surface area contributed by atoms with Crippen LogP contribution in [0, 0.1) is 5.41 Å². The molecule has 5 nitrogen and oxygen atoms in total. The van der Waals surface area contributed by atoms with Gasteiger partial charge in [-0.2, -0.15) is 0 Å². The van der Waals surface area contributed by atoms with Gasteiger partial charge in [0.15, 0.2) is 0 Å². The van der Waals surface area contributed by atoms with E-state index in [0.29, 0.717) is 12.1 Å². The van der Waals surface area contributed by atoms with Crippen LogP contribution in [0.25, 0.3) is 0 Å². The molecular formula is C16H30N2O3. The van der Waals surface area contributed by atoms with Gasteiger partial charge in [0.05, 0.1) is 12.5 Å². The topological polar surface area (TPSA) is 69.6 Å². The molecule has 122 valence electrons. The van der Waals surface area contributed by atoms with E-state index in [4.69, 9.17) is 5.11 Å². The average molecular weight is 298 g/mol. The molecule has 0 bridgehead atoms. The molecule has 0 aromatic rings. The Bertz CT molecular complexity index is 379. The van der Waals surface area contributed by atoms with Crippen LogP contribution >= 0.6 is 0 Å². The number of likely N-dealkylation sites (tertiary alicyclic amines) is 1. The number of carbonyl (C=O) groups is 2. The molecule has 1 fully saturated rings. The fraction of sp³-hybridized carbons (Fsp3) is 0.875. The highest BCUT2D eigenvalue weighted by Crippen LogP contribution is 2.27. The van der Waals surface area contributed by atoms with Gasteiger partial charge in [0, 0.05) is 18.1 Å². The molecule has 0 aliphatic carbocycles. The molecule has 1 saturated heterocycles. The predicted molar refractivity (Wildman–Crippen MR) is 83.1 cm³/mol. The smallest absolute Gasteiger partial charge is 0.305 e. The van der Waals surface area contributed by atoms with Crippen molar-refractivity contribution in [3.05, 3.63) is 0 Å². The first-order valence-corrected chi connectivity index (χ1v) is 7.83. The molecule has 1 aliphatic heterocycles. The highest BCUT2D eigenvalue weighted by Gasteiger charge is 2.36. The summed E-state index contributed by atoms with van der Waals surface area (Å²) in [5.74, 6) is -0.956. The minimum absolute atomic E-state index is 0.0485. The Kier molecular flexibility index (Phi) is 5.79. The van der Waals surface area contributed by atoms with E-state index < -0.39 is 5.97 Å². The Hall–Kier alpha value is -1.10. The molecule has 0 radical (unpaired) electrons. The zero-order valence-electron chi connectivity index (χ0n) is 14.1. The number of carboxylic acid groups (broad SMARTS) is 1. The van der Waals surface area contributed by atoms with E-state index in [-0.39, 0.29) is 29.8 Å². The second-order valence-electron chi connectivity index (χ2n) is 7.42. The number of aliphatic carboxylic acids is 1. The molecule has 1 rings (SSSR count). The van der Waals surface area contributed by atoms with Crippen molar-refractivity contribution < 1.29 is 14.7 Å². The molecule has 5 heteroatoms. The van der Waals surface area contributed by atoms with Crippen LogP contribution in [-0.2, 0) is 9.59 Å². The van der Waals surface area contributed by atoms with Crippen LogP contribution in [0.3, 0.4) is 0 Å². The van der Waals surface area contributed by atoms with Crippen molar-refractivity contribution in [2.24, 2.45) is 5.41 Å². The normalized spacial score (nSPS) is 26.4. The Morgan fingerprint density at radius 2 is 1.71 bits per heavy atom. The summed E-state index contributed by atoms with van der Waals surface area (Å²) in [6.07, 6.45) is 2.17. The summed E-state index contributed by atoms with van der Waals surface area (Å²) in [6, 6.07) is 0.205. The van der Waals surface area contributed by atoms with Crippen LogP contribution < -0.4 is 5.32 Å². The number of hydrogen-bond donors (Lipinski definition) is 2. The summed E-state index contributed by atoms with van der Waals surface area (Å²) in [5, 5.41) is 12.0. The lowest BCUT2D eigenvalue weighted by atomic mass is 9.84. The SMILES string of the molecule is CC1CCC(C)N1C(C)C(=O)NC(CC(=O)O)C(C)(C)C. The van der Waals surface area contributed by atoms with Gasteiger partial charge in [0.1, 0.15) is 0 Å². The monoisotopic (exact) mass is 298 g/mol. The van der Waals surface area contributed by atoms with E-state index >= 15 is 0 Å². The highest BCUT2D eigenvalue weighted by atomic mass is 16.4. The summed E-state index contributed by atoms with van der Waals surface area (Å²) in [5.41, 5.74) is -0.282. The number of carbonyl (C=O) groups excluding carboxylic acids is 1. The molecule has 1 amide bonds. The van der Waals surface area contributed by atoms with Crippen LogP contribution in [0.1, 0.15) is 60.8 Å². The maximum atomic E-state index is 12.5. The lowest BCUT2D eigenvalue weighted by molar-refractivity contribution is -0.139. The molecule has 4 unspecified atom stereocenters. The summed E-state index contributed by atoms with van der Waals surface area (Å²) in [4.78, 5) is 25.8. The molecule has 21 heavy (non-hydrogen) atoms. The van der Waals surface area contributed by atoms with Gasteiger partial charge in [-0.3, -0.25) is 14.5 Å². The van der Waals surface area contributed by atoms with Crippen molar-refractivity contribution in [2.45, 2.75) is 85.0 Å². The minimum Gasteiger partial charge on any atom is -0.481 e. The van der Waals surface area contributed by atoms with Gasteiger partial charge in [-0.25, -0.2) is 0 Å². The van der Waals surface area contributed by atoms with Crippen molar-refractivity contribution >= 4 is 11.9 Å². The minimum atomic E-state index is -0.884. The quantitative estimate of drug-likeness (QED) is 0.817. The van der Waals surface area contributed by atoms with Crippen molar-refractivity contribution in [2.75, 3.05) is 0 Å². The van der Waals surface area contributed by atoms with Crippen LogP contribution in [0.5, 0.6) is 0 Å². The lowest BCUT2D eigenvalue weighted by Gasteiger charge is -2.35. The van der Waals surface area contributed by atoms with Crippen LogP contribution in [0.15, 0.2) is 0 Å². The molecule has 1 heterocycles. The predicted octanol–water partition coefficient (Wildman–Crippen LogP) is 2.25. The van der Waals surface area contributed by atoms with Gasteiger partial charge in [-0.1, -0.05) is 20.8 Å². The fourth-order valence-electron chi connectivity index (χ4n) is 3.15. The second kappa shape index (κ2) is 6.77.